The normalized spacial score (nSPS) is 13.2. The number of imidazole rings is 1. The summed E-state index contributed by atoms with van der Waals surface area (Å²) in [4.78, 5) is 11.8. The Morgan fingerprint density at radius 2 is 1.94 bits per heavy atom. The number of fused-ring (bicyclic) bond motifs is 1. The second-order valence-corrected chi connectivity index (χ2v) is 4.21. The average Bonchev–Trinajstić information content (AvgIpc) is 2.55. The van der Waals surface area contributed by atoms with Crippen LogP contribution in [0.5, 0.6) is 0 Å². The molecular weight excluding hydrogens is 218 g/mol. The number of aromatic nitrogens is 2. The van der Waals surface area contributed by atoms with Gasteiger partial charge in [-0.25, -0.2) is 4.79 Å². The smallest absolute Gasteiger partial charge is 0.328 e. The standard InChI is InChI=1S/C12H17N3O2/c1-14-10-5-4-8(9(13)7-17-3)6-11(10)15(2)12(14)16/h4-6,9H,7,13H2,1-3H3. The van der Waals surface area contributed by atoms with Gasteiger partial charge in [0.2, 0.25) is 0 Å². The Bertz CT molecular complexity index is 598. The highest BCUT2D eigenvalue weighted by Crippen LogP contribution is 2.18. The van der Waals surface area contributed by atoms with Gasteiger partial charge in [-0.05, 0) is 17.7 Å². The van der Waals surface area contributed by atoms with E-state index in [1.54, 1.807) is 30.3 Å². The third-order valence-corrected chi connectivity index (χ3v) is 3.07. The van der Waals surface area contributed by atoms with Crippen LogP contribution < -0.4 is 11.4 Å². The minimum Gasteiger partial charge on any atom is -0.383 e. The van der Waals surface area contributed by atoms with Crippen LogP contribution in [0.3, 0.4) is 0 Å². The molecule has 2 aromatic rings. The summed E-state index contributed by atoms with van der Waals surface area (Å²) in [7, 11) is 5.15. The van der Waals surface area contributed by atoms with Crippen molar-refractivity contribution >= 4 is 11.0 Å². The molecule has 2 rings (SSSR count). The summed E-state index contributed by atoms with van der Waals surface area (Å²) in [6.45, 7) is 0.465. The highest BCUT2D eigenvalue weighted by atomic mass is 16.5. The Morgan fingerprint density at radius 1 is 1.29 bits per heavy atom. The first-order valence-electron chi connectivity index (χ1n) is 5.46. The molecule has 1 unspecified atom stereocenters. The first kappa shape index (κ1) is 11.9. The molecule has 5 heteroatoms. The lowest BCUT2D eigenvalue weighted by Crippen LogP contribution is -2.19. The van der Waals surface area contributed by atoms with Crippen LogP contribution in [0.1, 0.15) is 11.6 Å². The van der Waals surface area contributed by atoms with Crippen LogP contribution in [0.4, 0.5) is 0 Å². The molecule has 1 aromatic carbocycles. The van der Waals surface area contributed by atoms with E-state index in [1.807, 2.05) is 18.2 Å². The molecule has 0 amide bonds. The lowest BCUT2D eigenvalue weighted by Gasteiger charge is -2.10. The van der Waals surface area contributed by atoms with E-state index in [-0.39, 0.29) is 11.7 Å². The Labute approximate surface area is 99.4 Å². The minimum atomic E-state index is -0.167. The minimum absolute atomic E-state index is 0.0301. The van der Waals surface area contributed by atoms with Gasteiger partial charge in [0, 0.05) is 21.2 Å². The van der Waals surface area contributed by atoms with Gasteiger partial charge >= 0.3 is 5.69 Å². The van der Waals surface area contributed by atoms with Crippen molar-refractivity contribution < 1.29 is 4.74 Å². The van der Waals surface area contributed by atoms with Gasteiger partial charge in [0.25, 0.3) is 0 Å². The van der Waals surface area contributed by atoms with Gasteiger partial charge in [-0.1, -0.05) is 6.07 Å². The van der Waals surface area contributed by atoms with E-state index < -0.39 is 0 Å². The largest absolute Gasteiger partial charge is 0.383 e. The maximum Gasteiger partial charge on any atom is 0.328 e. The van der Waals surface area contributed by atoms with Gasteiger partial charge in [0.05, 0.1) is 23.7 Å². The first-order valence-corrected chi connectivity index (χ1v) is 5.46. The molecule has 0 aliphatic heterocycles. The highest BCUT2D eigenvalue weighted by molar-refractivity contribution is 5.77. The number of hydrogen-bond acceptors (Lipinski definition) is 3. The summed E-state index contributed by atoms with van der Waals surface area (Å²) >= 11 is 0. The fraction of sp³-hybridized carbons (Fsp3) is 0.417. The molecule has 0 bridgehead atoms. The number of benzene rings is 1. The van der Waals surface area contributed by atoms with Gasteiger partial charge in [-0.3, -0.25) is 9.13 Å². The van der Waals surface area contributed by atoms with Gasteiger partial charge in [0.1, 0.15) is 0 Å². The SMILES string of the molecule is COCC(N)c1ccc2c(c1)n(C)c(=O)n2C. The summed E-state index contributed by atoms with van der Waals surface area (Å²) in [5, 5.41) is 0. The number of rotatable bonds is 3. The molecule has 0 saturated carbocycles. The highest BCUT2D eigenvalue weighted by Gasteiger charge is 2.11. The summed E-state index contributed by atoms with van der Waals surface area (Å²) in [5.41, 5.74) is 8.71. The first-order chi connectivity index (χ1) is 8.06. The molecule has 0 fully saturated rings. The Morgan fingerprint density at radius 3 is 2.59 bits per heavy atom. The molecule has 0 spiro atoms. The van der Waals surface area contributed by atoms with E-state index in [0.29, 0.717) is 6.61 Å². The van der Waals surface area contributed by atoms with Gasteiger partial charge in [-0.15, -0.1) is 0 Å². The summed E-state index contributed by atoms with van der Waals surface area (Å²) < 4.78 is 8.28. The van der Waals surface area contributed by atoms with Crippen molar-refractivity contribution in [1.82, 2.24) is 9.13 Å². The topological polar surface area (TPSA) is 62.2 Å². The molecule has 1 atom stereocenters. The van der Waals surface area contributed by atoms with E-state index in [0.717, 1.165) is 16.6 Å². The van der Waals surface area contributed by atoms with Crippen LogP contribution >= 0.6 is 0 Å². The molecule has 0 aliphatic rings. The van der Waals surface area contributed by atoms with Crippen LogP contribution in [-0.2, 0) is 18.8 Å². The van der Waals surface area contributed by atoms with Gasteiger partial charge < -0.3 is 10.5 Å². The number of hydrogen-bond donors (Lipinski definition) is 1. The second kappa shape index (κ2) is 4.35. The molecule has 1 heterocycles. The van der Waals surface area contributed by atoms with Crippen LogP contribution in [0, 0.1) is 0 Å². The maximum absolute atomic E-state index is 11.8. The number of methoxy groups -OCH3 is 1. The molecule has 0 aliphatic carbocycles. The number of nitrogens with zero attached hydrogens (tertiary/aromatic N) is 2. The number of nitrogens with two attached hydrogens (primary N) is 1. The van der Waals surface area contributed by atoms with E-state index in [1.165, 1.54) is 0 Å². The van der Waals surface area contributed by atoms with Crippen LogP contribution in [0.2, 0.25) is 0 Å². The summed E-state index contributed by atoms with van der Waals surface area (Å²) in [5.74, 6) is 0. The van der Waals surface area contributed by atoms with Gasteiger partial charge in [-0.2, -0.15) is 0 Å². The Hall–Kier alpha value is -1.59. The van der Waals surface area contributed by atoms with Crippen molar-refractivity contribution in [2.45, 2.75) is 6.04 Å². The molecule has 92 valence electrons. The lowest BCUT2D eigenvalue weighted by molar-refractivity contribution is 0.181. The third-order valence-electron chi connectivity index (χ3n) is 3.07. The third kappa shape index (κ3) is 1.87. The monoisotopic (exact) mass is 235 g/mol. The maximum atomic E-state index is 11.8. The van der Waals surface area contributed by atoms with Crippen molar-refractivity contribution in [3.8, 4) is 0 Å². The van der Waals surface area contributed by atoms with E-state index in [4.69, 9.17) is 10.5 Å². The number of aryl methyl sites for hydroxylation is 2. The van der Waals surface area contributed by atoms with Crippen LogP contribution in [-0.4, -0.2) is 22.9 Å². The second-order valence-electron chi connectivity index (χ2n) is 4.21. The molecular formula is C12H17N3O2. The summed E-state index contributed by atoms with van der Waals surface area (Å²) in [6, 6.07) is 5.63. The zero-order valence-electron chi connectivity index (χ0n) is 10.3. The van der Waals surface area contributed by atoms with Crippen molar-refractivity contribution in [2.75, 3.05) is 13.7 Å². The van der Waals surface area contributed by atoms with Crippen molar-refractivity contribution in [2.24, 2.45) is 19.8 Å². The lowest BCUT2D eigenvalue weighted by atomic mass is 10.1. The predicted octanol–water partition coefficient (Wildman–Crippen LogP) is 0.523. The van der Waals surface area contributed by atoms with Crippen LogP contribution in [0.25, 0.3) is 11.0 Å². The molecule has 5 nitrogen and oxygen atoms in total. The Balaban J connectivity index is 2.58. The van der Waals surface area contributed by atoms with Crippen molar-refractivity contribution in [3.05, 3.63) is 34.2 Å². The molecule has 17 heavy (non-hydrogen) atoms. The predicted molar refractivity (Wildman–Crippen MR) is 67.0 cm³/mol. The fourth-order valence-corrected chi connectivity index (χ4v) is 2.03. The van der Waals surface area contributed by atoms with E-state index in [2.05, 4.69) is 0 Å². The van der Waals surface area contributed by atoms with Crippen molar-refractivity contribution in [3.63, 3.8) is 0 Å². The fourth-order valence-electron chi connectivity index (χ4n) is 2.03. The average molecular weight is 235 g/mol. The zero-order valence-corrected chi connectivity index (χ0v) is 10.3. The molecule has 1 aromatic heterocycles. The molecule has 2 N–H and O–H groups in total. The van der Waals surface area contributed by atoms with E-state index >= 15 is 0 Å². The quantitative estimate of drug-likeness (QED) is 0.843. The molecule has 0 saturated heterocycles. The number of ether oxygens (including phenoxy) is 1. The van der Waals surface area contributed by atoms with Gasteiger partial charge in [0.15, 0.2) is 0 Å². The zero-order chi connectivity index (χ0) is 12.6. The van der Waals surface area contributed by atoms with Crippen LogP contribution in [0.15, 0.2) is 23.0 Å². The Kier molecular flexibility index (Phi) is 3.04. The molecule has 0 radical (unpaired) electrons. The van der Waals surface area contributed by atoms with E-state index in [9.17, 15) is 4.79 Å². The summed E-state index contributed by atoms with van der Waals surface area (Å²) in [6.07, 6.45) is 0. The van der Waals surface area contributed by atoms with Crippen molar-refractivity contribution in [1.29, 1.82) is 0 Å².